The molecule has 0 spiro atoms. The van der Waals surface area contributed by atoms with Gasteiger partial charge in [-0.25, -0.2) is 9.97 Å². The van der Waals surface area contributed by atoms with Crippen LogP contribution in [0.15, 0.2) is 12.5 Å². The minimum Gasteiger partial charge on any atom is -0.356 e. The summed E-state index contributed by atoms with van der Waals surface area (Å²) in [6, 6.07) is 0. The van der Waals surface area contributed by atoms with Crippen LogP contribution >= 0.6 is 7.60 Å². The van der Waals surface area contributed by atoms with E-state index in [1.165, 1.54) is 6.33 Å². The van der Waals surface area contributed by atoms with Crippen LogP contribution in [0.25, 0.3) is 11.0 Å². The molecular weight excluding hydrogens is 357 g/mol. The molecule has 0 atom stereocenters. The van der Waals surface area contributed by atoms with Crippen LogP contribution in [-0.4, -0.2) is 56.9 Å². The zero-order chi connectivity index (χ0) is 18.7. The molecule has 4 N–H and O–H groups in total. The normalized spacial score (nSPS) is 16.2. The van der Waals surface area contributed by atoms with E-state index in [9.17, 15) is 9.36 Å². The smallest absolute Gasteiger partial charge is 0.325 e. The van der Waals surface area contributed by atoms with Crippen molar-refractivity contribution >= 4 is 30.4 Å². The number of carbonyl (C=O) groups excluding carboxylic acids is 1. The number of hydrogen-bond acceptors (Lipinski definition) is 5. The second-order valence-corrected chi connectivity index (χ2v) is 8.44. The molecule has 26 heavy (non-hydrogen) atoms. The third kappa shape index (κ3) is 4.23. The van der Waals surface area contributed by atoms with Crippen LogP contribution in [0.1, 0.15) is 36.0 Å². The van der Waals surface area contributed by atoms with Crippen molar-refractivity contribution in [3.05, 3.63) is 18.1 Å². The Morgan fingerprint density at radius 1 is 1.38 bits per heavy atom. The summed E-state index contributed by atoms with van der Waals surface area (Å²) in [5.74, 6) is 1.07. The summed E-state index contributed by atoms with van der Waals surface area (Å²) < 4.78 is 10.9. The summed E-state index contributed by atoms with van der Waals surface area (Å²) in [6.07, 6.45) is 6.39. The topological polar surface area (TPSA) is 131 Å². The van der Waals surface area contributed by atoms with Gasteiger partial charge in [0, 0.05) is 32.5 Å². The number of hydrogen-bond donors (Lipinski definition) is 4. The standard InChI is InChI=1S/C16H24N5O4P/c1-17-16(22)12-9-18-14-13(12)19-10-20-15(14)21-6-4-11(5-7-21)3-2-8-26(23,24)25/h9-11,18H,2-8H2,1H3,(H,17,22)(H2,23,24,25). The number of nitrogens with one attached hydrogen (secondary N) is 2. The Labute approximate surface area is 151 Å². The molecule has 1 saturated heterocycles. The first kappa shape index (κ1) is 18.8. The molecule has 0 saturated carbocycles. The fourth-order valence-electron chi connectivity index (χ4n) is 3.49. The monoisotopic (exact) mass is 381 g/mol. The van der Waals surface area contributed by atoms with Crippen molar-refractivity contribution in [3.63, 3.8) is 0 Å². The summed E-state index contributed by atoms with van der Waals surface area (Å²) in [7, 11) is -2.31. The maximum Gasteiger partial charge on any atom is 0.325 e. The van der Waals surface area contributed by atoms with Gasteiger partial charge in [0.15, 0.2) is 5.82 Å². The summed E-state index contributed by atoms with van der Waals surface area (Å²) in [5, 5.41) is 2.61. The first-order valence-corrected chi connectivity index (χ1v) is 10.5. The maximum atomic E-state index is 11.9. The van der Waals surface area contributed by atoms with Gasteiger partial charge in [-0.05, 0) is 31.6 Å². The molecule has 142 valence electrons. The van der Waals surface area contributed by atoms with Gasteiger partial charge in [0.05, 0.1) is 5.56 Å². The van der Waals surface area contributed by atoms with Crippen molar-refractivity contribution in [1.82, 2.24) is 20.3 Å². The van der Waals surface area contributed by atoms with Crippen molar-refractivity contribution in [2.45, 2.75) is 25.7 Å². The van der Waals surface area contributed by atoms with Crippen LogP contribution in [0.4, 0.5) is 5.82 Å². The zero-order valence-electron chi connectivity index (χ0n) is 14.7. The van der Waals surface area contributed by atoms with Gasteiger partial charge in [-0.2, -0.15) is 0 Å². The minimum absolute atomic E-state index is 0.0372. The highest BCUT2D eigenvalue weighted by atomic mass is 31.2. The molecule has 1 fully saturated rings. The number of amides is 1. The summed E-state index contributed by atoms with van der Waals surface area (Å²) in [4.78, 5) is 43.8. The SMILES string of the molecule is CNC(=O)c1c[nH]c2c(N3CCC(CCCP(=O)(O)O)CC3)ncnc12. The Balaban J connectivity index is 1.65. The van der Waals surface area contributed by atoms with E-state index in [-0.39, 0.29) is 12.1 Å². The number of aromatic amines is 1. The molecule has 1 aliphatic heterocycles. The fraction of sp³-hybridized carbons (Fsp3) is 0.562. The lowest BCUT2D eigenvalue weighted by molar-refractivity contribution is 0.0964. The Morgan fingerprint density at radius 3 is 2.77 bits per heavy atom. The van der Waals surface area contributed by atoms with E-state index in [1.807, 2.05) is 0 Å². The Hall–Kier alpha value is -1.96. The number of piperidine rings is 1. The number of carbonyl (C=O) groups is 1. The molecule has 2 aromatic heterocycles. The summed E-state index contributed by atoms with van der Waals surface area (Å²) in [5.41, 5.74) is 1.86. The van der Waals surface area contributed by atoms with Crippen LogP contribution in [-0.2, 0) is 4.57 Å². The predicted molar refractivity (Wildman–Crippen MR) is 98.4 cm³/mol. The van der Waals surface area contributed by atoms with E-state index >= 15 is 0 Å². The number of rotatable bonds is 6. The first-order valence-electron chi connectivity index (χ1n) is 8.72. The molecule has 0 aromatic carbocycles. The van der Waals surface area contributed by atoms with Crippen LogP contribution in [0.3, 0.4) is 0 Å². The molecule has 0 bridgehead atoms. The highest BCUT2D eigenvalue weighted by molar-refractivity contribution is 7.51. The van der Waals surface area contributed by atoms with Gasteiger partial charge in [-0.1, -0.05) is 0 Å². The van der Waals surface area contributed by atoms with E-state index in [0.717, 1.165) is 43.7 Å². The van der Waals surface area contributed by atoms with Gasteiger partial charge in [0.1, 0.15) is 17.4 Å². The number of nitrogens with zero attached hydrogens (tertiary/aromatic N) is 3. The van der Waals surface area contributed by atoms with Crippen molar-refractivity contribution < 1.29 is 19.1 Å². The largest absolute Gasteiger partial charge is 0.356 e. The predicted octanol–water partition coefficient (Wildman–Crippen LogP) is 1.49. The molecule has 9 nitrogen and oxygen atoms in total. The lowest BCUT2D eigenvalue weighted by Gasteiger charge is -2.33. The molecule has 0 radical (unpaired) electrons. The minimum atomic E-state index is -3.89. The fourth-order valence-corrected chi connectivity index (χ4v) is 4.09. The van der Waals surface area contributed by atoms with Gasteiger partial charge in [0.25, 0.3) is 5.91 Å². The van der Waals surface area contributed by atoms with E-state index in [1.54, 1.807) is 13.2 Å². The zero-order valence-corrected chi connectivity index (χ0v) is 15.6. The quantitative estimate of drug-likeness (QED) is 0.558. The van der Waals surface area contributed by atoms with Crippen LogP contribution in [0, 0.1) is 5.92 Å². The van der Waals surface area contributed by atoms with E-state index in [0.29, 0.717) is 23.4 Å². The Kier molecular flexibility index (Phi) is 5.60. The van der Waals surface area contributed by atoms with Crippen molar-refractivity contribution in [2.24, 2.45) is 5.92 Å². The molecule has 0 aliphatic carbocycles. The highest BCUT2D eigenvalue weighted by Gasteiger charge is 2.24. The van der Waals surface area contributed by atoms with E-state index in [4.69, 9.17) is 9.79 Å². The molecule has 0 unspecified atom stereocenters. The number of H-pyrrole nitrogens is 1. The second-order valence-electron chi connectivity index (χ2n) is 6.66. The van der Waals surface area contributed by atoms with Crippen molar-refractivity contribution in [2.75, 3.05) is 31.2 Å². The van der Waals surface area contributed by atoms with Crippen LogP contribution in [0.5, 0.6) is 0 Å². The number of fused-ring (bicyclic) bond motifs is 1. The molecule has 3 rings (SSSR count). The third-order valence-electron chi connectivity index (χ3n) is 4.89. The van der Waals surface area contributed by atoms with E-state index < -0.39 is 7.60 Å². The van der Waals surface area contributed by atoms with E-state index in [2.05, 4.69) is 25.2 Å². The van der Waals surface area contributed by atoms with Gasteiger partial charge in [-0.15, -0.1) is 0 Å². The lowest BCUT2D eigenvalue weighted by Crippen LogP contribution is -2.34. The van der Waals surface area contributed by atoms with Gasteiger partial charge < -0.3 is 25.0 Å². The maximum absolute atomic E-state index is 11.9. The highest BCUT2D eigenvalue weighted by Crippen LogP contribution is 2.37. The summed E-state index contributed by atoms with van der Waals surface area (Å²) in [6.45, 7) is 1.64. The second kappa shape index (κ2) is 7.73. The number of anilines is 1. The number of aromatic nitrogens is 3. The molecule has 1 aliphatic rings. The van der Waals surface area contributed by atoms with Crippen molar-refractivity contribution in [3.8, 4) is 0 Å². The molecule has 10 heteroatoms. The van der Waals surface area contributed by atoms with Gasteiger partial charge in [0.2, 0.25) is 0 Å². The lowest BCUT2D eigenvalue weighted by atomic mass is 9.92. The van der Waals surface area contributed by atoms with Crippen LogP contribution < -0.4 is 10.2 Å². The van der Waals surface area contributed by atoms with Crippen molar-refractivity contribution in [1.29, 1.82) is 0 Å². The summed E-state index contributed by atoms with van der Waals surface area (Å²) >= 11 is 0. The van der Waals surface area contributed by atoms with Gasteiger partial charge in [-0.3, -0.25) is 9.36 Å². The Bertz CT molecular complexity index is 825. The average Bonchev–Trinajstić information content (AvgIpc) is 3.05. The van der Waals surface area contributed by atoms with Gasteiger partial charge >= 0.3 is 7.60 Å². The molecule has 2 aromatic rings. The molecule has 1 amide bonds. The third-order valence-corrected chi connectivity index (χ3v) is 5.79. The average molecular weight is 381 g/mol. The molecule has 3 heterocycles. The Morgan fingerprint density at radius 2 is 2.12 bits per heavy atom. The first-order chi connectivity index (χ1) is 12.4. The van der Waals surface area contributed by atoms with Crippen LogP contribution in [0.2, 0.25) is 0 Å². The molecular formula is C16H24N5O4P.